The topological polar surface area (TPSA) is 73.9 Å². The van der Waals surface area contributed by atoms with Crippen LogP contribution in [-0.2, 0) is 0 Å². The molecule has 1 spiro atoms. The summed E-state index contributed by atoms with van der Waals surface area (Å²) in [6, 6.07) is 13.4. The highest BCUT2D eigenvalue weighted by atomic mass is 16.2. The zero-order valence-corrected chi connectivity index (χ0v) is 13.1. The van der Waals surface area contributed by atoms with Crippen LogP contribution in [-0.4, -0.2) is 51.9 Å². The smallest absolute Gasteiger partial charge is 0.272 e. The first-order valence-electron chi connectivity index (χ1n) is 8.15. The monoisotopic (exact) mass is 319 g/mol. The summed E-state index contributed by atoms with van der Waals surface area (Å²) in [6.07, 6.45) is 0. The third kappa shape index (κ3) is 2.03. The highest BCUT2D eigenvalue weighted by molar-refractivity contribution is 5.93. The van der Waals surface area contributed by atoms with Crippen molar-refractivity contribution in [3.8, 4) is 11.5 Å². The Hall–Kier alpha value is -2.73. The molecule has 2 aliphatic rings. The number of rotatable bonds is 2. The number of H-pyrrole nitrogens is 1. The zero-order valence-electron chi connectivity index (χ0n) is 13.1. The standard InChI is InChI=1S/C18H17N5O/c24-17(23-10-18(11-23)8-19-9-18)15-7-3-6-14(20-15)16-21-12-4-1-2-5-13(12)22-16/h1-7,19H,8-11H2,(H,21,22). The van der Waals surface area contributed by atoms with Crippen LogP contribution in [0.2, 0.25) is 0 Å². The third-order valence-corrected chi connectivity index (χ3v) is 4.94. The maximum absolute atomic E-state index is 12.6. The molecule has 2 aliphatic heterocycles. The number of amides is 1. The lowest BCUT2D eigenvalue weighted by Crippen LogP contribution is -2.71. The molecule has 120 valence electrons. The molecular formula is C18H17N5O. The molecule has 0 unspecified atom stereocenters. The van der Waals surface area contributed by atoms with Gasteiger partial charge in [0.05, 0.1) is 11.0 Å². The molecule has 0 saturated carbocycles. The summed E-state index contributed by atoms with van der Waals surface area (Å²) >= 11 is 0. The average molecular weight is 319 g/mol. The number of hydrogen-bond acceptors (Lipinski definition) is 4. The number of carbonyl (C=O) groups excluding carboxylic acids is 1. The van der Waals surface area contributed by atoms with Gasteiger partial charge in [0.25, 0.3) is 5.91 Å². The fraction of sp³-hybridized carbons (Fsp3) is 0.278. The Bertz CT molecular complexity index is 902. The van der Waals surface area contributed by atoms with Crippen molar-refractivity contribution in [1.82, 2.24) is 25.2 Å². The number of nitrogens with one attached hydrogen (secondary N) is 2. The number of benzene rings is 1. The van der Waals surface area contributed by atoms with Crippen molar-refractivity contribution in [3.05, 3.63) is 48.2 Å². The molecule has 6 nitrogen and oxygen atoms in total. The summed E-state index contributed by atoms with van der Waals surface area (Å²) in [5, 5.41) is 3.28. The highest BCUT2D eigenvalue weighted by Gasteiger charge is 2.49. The van der Waals surface area contributed by atoms with Crippen LogP contribution in [0.15, 0.2) is 42.5 Å². The molecule has 24 heavy (non-hydrogen) atoms. The summed E-state index contributed by atoms with van der Waals surface area (Å²) < 4.78 is 0. The van der Waals surface area contributed by atoms with Gasteiger partial charge in [-0.2, -0.15) is 0 Å². The zero-order chi connectivity index (χ0) is 16.1. The van der Waals surface area contributed by atoms with Gasteiger partial charge in [0, 0.05) is 31.6 Å². The van der Waals surface area contributed by atoms with Crippen LogP contribution < -0.4 is 5.32 Å². The number of nitrogens with zero attached hydrogens (tertiary/aromatic N) is 3. The molecule has 0 bridgehead atoms. The van der Waals surface area contributed by atoms with E-state index in [1.807, 2.05) is 41.3 Å². The molecule has 2 aromatic heterocycles. The first-order valence-corrected chi connectivity index (χ1v) is 8.15. The number of carbonyl (C=O) groups is 1. The van der Waals surface area contributed by atoms with E-state index in [-0.39, 0.29) is 5.91 Å². The molecule has 4 heterocycles. The second-order valence-electron chi connectivity index (χ2n) is 6.78. The number of likely N-dealkylation sites (tertiary alicyclic amines) is 1. The third-order valence-electron chi connectivity index (χ3n) is 4.94. The van der Waals surface area contributed by atoms with E-state index in [2.05, 4.69) is 20.3 Å². The molecule has 2 fully saturated rings. The van der Waals surface area contributed by atoms with Gasteiger partial charge < -0.3 is 15.2 Å². The maximum atomic E-state index is 12.6. The van der Waals surface area contributed by atoms with Crippen LogP contribution >= 0.6 is 0 Å². The number of fused-ring (bicyclic) bond motifs is 1. The highest BCUT2D eigenvalue weighted by Crippen LogP contribution is 2.34. The molecule has 2 N–H and O–H groups in total. The van der Waals surface area contributed by atoms with Crippen molar-refractivity contribution in [2.45, 2.75) is 0 Å². The predicted octanol–water partition coefficient (Wildman–Crippen LogP) is 1.67. The maximum Gasteiger partial charge on any atom is 0.272 e. The Morgan fingerprint density at radius 1 is 1.04 bits per heavy atom. The molecule has 1 amide bonds. The number of imidazole rings is 1. The molecular weight excluding hydrogens is 302 g/mol. The summed E-state index contributed by atoms with van der Waals surface area (Å²) in [4.78, 5) is 26.9. The van der Waals surface area contributed by atoms with Gasteiger partial charge in [-0.15, -0.1) is 0 Å². The lowest BCUT2D eigenvalue weighted by atomic mass is 9.74. The van der Waals surface area contributed by atoms with Gasteiger partial charge in [0.15, 0.2) is 5.82 Å². The number of para-hydroxylation sites is 2. The molecule has 1 aromatic carbocycles. The van der Waals surface area contributed by atoms with Crippen LogP contribution in [0.3, 0.4) is 0 Å². The second kappa shape index (κ2) is 4.88. The Labute approximate surface area is 138 Å². The summed E-state index contributed by atoms with van der Waals surface area (Å²) in [6.45, 7) is 3.69. The average Bonchev–Trinajstić information content (AvgIpc) is 2.96. The van der Waals surface area contributed by atoms with Gasteiger partial charge >= 0.3 is 0 Å². The van der Waals surface area contributed by atoms with Crippen molar-refractivity contribution in [2.24, 2.45) is 5.41 Å². The Morgan fingerprint density at radius 2 is 1.88 bits per heavy atom. The van der Waals surface area contributed by atoms with Gasteiger partial charge in [-0.25, -0.2) is 9.97 Å². The minimum atomic E-state index is 0.00508. The lowest BCUT2D eigenvalue weighted by Gasteiger charge is -2.55. The molecule has 0 radical (unpaired) electrons. The summed E-state index contributed by atoms with van der Waals surface area (Å²) in [5.74, 6) is 0.694. The molecule has 0 aliphatic carbocycles. The van der Waals surface area contributed by atoms with Crippen LogP contribution in [0.1, 0.15) is 10.5 Å². The first kappa shape index (κ1) is 13.7. The van der Waals surface area contributed by atoms with Crippen LogP contribution in [0, 0.1) is 5.41 Å². The van der Waals surface area contributed by atoms with E-state index < -0.39 is 0 Å². The quantitative estimate of drug-likeness (QED) is 0.753. The van der Waals surface area contributed by atoms with Crippen LogP contribution in [0.25, 0.3) is 22.6 Å². The molecule has 3 aromatic rings. The van der Waals surface area contributed by atoms with Crippen molar-refractivity contribution >= 4 is 16.9 Å². The fourth-order valence-electron chi connectivity index (χ4n) is 3.53. The van der Waals surface area contributed by atoms with E-state index in [9.17, 15) is 4.79 Å². The summed E-state index contributed by atoms with van der Waals surface area (Å²) in [7, 11) is 0. The Kier molecular flexibility index (Phi) is 2.78. The number of pyridine rings is 1. The second-order valence-corrected chi connectivity index (χ2v) is 6.78. The predicted molar refractivity (Wildman–Crippen MR) is 90.5 cm³/mol. The van der Waals surface area contributed by atoms with Crippen molar-refractivity contribution < 1.29 is 4.79 Å². The van der Waals surface area contributed by atoms with E-state index >= 15 is 0 Å². The largest absolute Gasteiger partial charge is 0.337 e. The van der Waals surface area contributed by atoms with Crippen molar-refractivity contribution in [1.29, 1.82) is 0 Å². The number of hydrogen-bond donors (Lipinski definition) is 2. The van der Waals surface area contributed by atoms with E-state index in [0.717, 1.165) is 37.2 Å². The van der Waals surface area contributed by atoms with Gasteiger partial charge in [0.2, 0.25) is 0 Å². The van der Waals surface area contributed by atoms with E-state index in [4.69, 9.17) is 0 Å². The Balaban J connectivity index is 1.42. The van der Waals surface area contributed by atoms with E-state index in [0.29, 0.717) is 22.6 Å². The number of aromatic amines is 1. The van der Waals surface area contributed by atoms with Crippen LogP contribution in [0.5, 0.6) is 0 Å². The van der Waals surface area contributed by atoms with E-state index in [1.54, 1.807) is 6.07 Å². The Morgan fingerprint density at radius 3 is 2.62 bits per heavy atom. The fourth-order valence-corrected chi connectivity index (χ4v) is 3.53. The van der Waals surface area contributed by atoms with Crippen LogP contribution in [0.4, 0.5) is 0 Å². The summed E-state index contributed by atoms with van der Waals surface area (Å²) in [5.41, 5.74) is 3.36. The van der Waals surface area contributed by atoms with E-state index in [1.165, 1.54) is 0 Å². The lowest BCUT2D eigenvalue weighted by molar-refractivity contribution is -0.0251. The van der Waals surface area contributed by atoms with Gasteiger partial charge in [-0.3, -0.25) is 4.79 Å². The van der Waals surface area contributed by atoms with Gasteiger partial charge in [0.1, 0.15) is 11.4 Å². The molecule has 2 saturated heterocycles. The minimum absolute atomic E-state index is 0.00508. The first-order chi connectivity index (χ1) is 11.7. The molecule has 5 rings (SSSR count). The van der Waals surface area contributed by atoms with Gasteiger partial charge in [-0.1, -0.05) is 18.2 Å². The SMILES string of the molecule is O=C(c1cccc(-c2nc3ccccc3[nH]2)n1)N1CC2(CNC2)C1. The number of aromatic nitrogens is 3. The molecule has 0 atom stereocenters. The van der Waals surface area contributed by atoms with Crippen molar-refractivity contribution in [3.63, 3.8) is 0 Å². The minimum Gasteiger partial charge on any atom is -0.337 e. The van der Waals surface area contributed by atoms with Crippen molar-refractivity contribution in [2.75, 3.05) is 26.2 Å². The molecule has 6 heteroatoms. The van der Waals surface area contributed by atoms with Gasteiger partial charge in [-0.05, 0) is 24.3 Å². The normalized spacial score (nSPS) is 18.4.